The van der Waals surface area contributed by atoms with Crippen LogP contribution in [0.25, 0.3) is 11.8 Å². The summed E-state index contributed by atoms with van der Waals surface area (Å²) in [5.74, 6) is -1.31. The van der Waals surface area contributed by atoms with Gasteiger partial charge in [-0.15, -0.1) is 0 Å². The van der Waals surface area contributed by atoms with E-state index in [1.165, 1.54) is 17.0 Å². The summed E-state index contributed by atoms with van der Waals surface area (Å²) in [6.07, 6.45) is 1.54. The first-order valence-corrected chi connectivity index (χ1v) is 9.82. The van der Waals surface area contributed by atoms with Crippen LogP contribution >= 0.6 is 24.0 Å². The highest BCUT2D eigenvalue weighted by Gasteiger charge is 2.32. The van der Waals surface area contributed by atoms with Crippen molar-refractivity contribution in [1.82, 2.24) is 9.47 Å². The van der Waals surface area contributed by atoms with Gasteiger partial charge < -0.3 is 9.67 Å². The van der Waals surface area contributed by atoms with Gasteiger partial charge in [0.25, 0.3) is 11.6 Å². The fourth-order valence-corrected chi connectivity index (χ4v) is 4.42. The van der Waals surface area contributed by atoms with E-state index in [1.807, 2.05) is 24.5 Å². The standard InChI is InChI=1S/C19H17N3O5S2/c1-11-8-13(9-16-18(25)20(19(28)29-16)7-6-17(23)24)12(2)21(11)14-4-3-5-15(10-14)22(26)27/h3-5,8-10H,6-7H2,1-2H3,(H,23,24). The van der Waals surface area contributed by atoms with Gasteiger partial charge in [-0.2, -0.15) is 0 Å². The Morgan fingerprint density at radius 2 is 2.07 bits per heavy atom. The third kappa shape index (κ3) is 4.22. The zero-order valence-corrected chi connectivity index (χ0v) is 17.2. The molecule has 0 radical (unpaired) electrons. The largest absolute Gasteiger partial charge is 0.481 e. The van der Waals surface area contributed by atoms with Crippen LogP contribution in [0.15, 0.2) is 35.2 Å². The summed E-state index contributed by atoms with van der Waals surface area (Å²) < 4.78 is 2.21. The van der Waals surface area contributed by atoms with E-state index < -0.39 is 10.9 Å². The summed E-state index contributed by atoms with van der Waals surface area (Å²) in [7, 11) is 0. The number of thiocarbonyl (C=S) groups is 1. The molecule has 10 heteroatoms. The van der Waals surface area contributed by atoms with Gasteiger partial charge >= 0.3 is 5.97 Å². The maximum absolute atomic E-state index is 12.6. The molecule has 1 aliphatic heterocycles. The van der Waals surface area contributed by atoms with Crippen LogP contribution in [0.4, 0.5) is 5.69 Å². The summed E-state index contributed by atoms with van der Waals surface area (Å²) in [5, 5.41) is 19.9. The third-order valence-corrected chi connectivity index (χ3v) is 5.86. The number of hydrogen-bond acceptors (Lipinski definition) is 6. The van der Waals surface area contributed by atoms with Crippen molar-refractivity contribution in [2.45, 2.75) is 20.3 Å². The number of carboxylic acid groups (broad SMARTS) is 1. The van der Waals surface area contributed by atoms with Crippen molar-refractivity contribution >= 4 is 51.9 Å². The zero-order valence-electron chi connectivity index (χ0n) is 15.6. The number of thioether (sulfide) groups is 1. The number of carbonyl (C=O) groups excluding carboxylic acids is 1. The summed E-state index contributed by atoms with van der Waals surface area (Å²) in [6.45, 7) is 3.77. The third-order valence-electron chi connectivity index (χ3n) is 4.48. The molecule has 0 aliphatic carbocycles. The van der Waals surface area contributed by atoms with Crippen molar-refractivity contribution < 1.29 is 19.6 Å². The molecule has 0 spiro atoms. The molecule has 1 aromatic heterocycles. The molecule has 29 heavy (non-hydrogen) atoms. The van der Waals surface area contributed by atoms with Gasteiger partial charge in [0.1, 0.15) is 4.32 Å². The molecule has 150 valence electrons. The molecule has 1 fully saturated rings. The number of carbonyl (C=O) groups is 2. The van der Waals surface area contributed by atoms with Crippen molar-refractivity contribution in [1.29, 1.82) is 0 Å². The van der Waals surface area contributed by atoms with Gasteiger partial charge in [0.2, 0.25) is 0 Å². The van der Waals surface area contributed by atoms with Crippen LogP contribution in [0.3, 0.4) is 0 Å². The van der Waals surface area contributed by atoms with Gasteiger partial charge in [0.15, 0.2) is 0 Å². The number of aromatic nitrogens is 1. The van der Waals surface area contributed by atoms with Crippen LogP contribution in [0.2, 0.25) is 0 Å². The number of non-ortho nitro benzene ring substituents is 1. The summed E-state index contributed by atoms with van der Waals surface area (Å²) in [6, 6.07) is 8.22. The number of carboxylic acids is 1. The predicted molar refractivity (Wildman–Crippen MR) is 114 cm³/mol. The molecule has 8 nitrogen and oxygen atoms in total. The van der Waals surface area contributed by atoms with Gasteiger partial charge in [-0.1, -0.05) is 30.0 Å². The molecular formula is C19H17N3O5S2. The van der Waals surface area contributed by atoms with Crippen LogP contribution in [-0.4, -0.2) is 42.2 Å². The molecule has 1 aliphatic rings. The molecule has 0 unspecified atom stereocenters. The lowest BCUT2D eigenvalue weighted by Crippen LogP contribution is -2.30. The Labute approximate surface area is 176 Å². The molecule has 2 aromatic rings. The fraction of sp³-hybridized carbons (Fsp3) is 0.211. The monoisotopic (exact) mass is 431 g/mol. The molecule has 1 saturated heterocycles. The lowest BCUT2D eigenvalue weighted by atomic mass is 10.2. The zero-order chi connectivity index (χ0) is 21.3. The van der Waals surface area contributed by atoms with E-state index in [1.54, 1.807) is 18.2 Å². The quantitative estimate of drug-likeness (QED) is 0.322. The Balaban J connectivity index is 1.94. The second kappa shape index (κ2) is 8.18. The number of nitrogens with zero attached hydrogens (tertiary/aromatic N) is 3. The average Bonchev–Trinajstić information content (AvgIpc) is 3.08. The Morgan fingerprint density at radius 3 is 2.72 bits per heavy atom. The molecule has 3 rings (SSSR count). The van der Waals surface area contributed by atoms with Gasteiger partial charge in [-0.3, -0.25) is 24.6 Å². The number of hydrogen-bond donors (Lipinski definition) is 1. The Morgan fingerprint density at radius 1 is 1.34 bits per heavy atom. The maximum atomic E-state index is 12.6. The SMILES string of the molecule is Cc1cc(C=C2SC(=S)N(CCC(=O)O)C2=O)c(C)n1-c1cccc([N+](=O)[O-])c1. The van der Waals surface area contributed by atoms with Crippen LogP contribution in [0.1, 0.15) is 23.4 Å². The summed E-state index contributed by atoms with van der Waals surface area (Å²) in [4.78, 5) is 35.7. The van der Waals surface area contributed by atoms with Crippen molar-refractivity contribution in [2.75, 3.05) is 6.54 Å². The van der Waals surface area contributed by atoms with E-state index in [-0.39, 0.29) is 24.6 Å². The maximum Gasteiger partial charge on any atom is 0.305 e. The van der Waals surface area contributed by atoms with Crippen LogP contribution in [-0.2, 0) is 9.59 Å². The number of aliphatic carboxylic acids is 1. The first kappa shape index (κ1) is 20.7. The minimum atomic E-state index is -0.997. The molecule has 0 atom stereocenters. The van der Waals surface area contributed by atoms with E-state index in [0.717, 1.165) is 28.7 Å². The highest BCUT2D eigenvalue weighted by Crippen LogP contribution is 2.34. The van der Waals surface area contributed by atoms with Crippen LogP contribution in [0, 0.1) is 24.0 Å². The number of nitro groups is 1. The molecule has 0 saturated carbocycles. The van der Waals surface area contributed by atoms with Gasteiger partial charge in [0, 0.05) is 30.1 Å². The van der Waals surface area contributed by atoms with Crippen molar-refractivity contribution in [2.24, 2.45) is 0 Å². The topological polar surface area (TPSA) is 106 Å². The minimum absolute atomic E-state index is 0.00384. The molecule has 1 aromatic carbocycles. The first-order valence-electron chi connectivity index (χ1n) is 8.60. The highest BCUT2D eigenvalue weighted by molar-refractivity contribution is 8.26. The number of amides is 1. The van der Waals surface area contributed by atoms with E-state index in [2.05, 4.69) is 0 Å². The molecular weight excluding hydrogens is 414 g/mol. The van der Waals surface area contributed by atoms with E-state index in [0.29, 0.717) is 14.9 Å². The van der Waals surface area contributed by atoms with Crippen LogP contribution in [0.5, 0.6) is 0 Å². The number of nitro benzene ring substituents is 1. The molecule has 2 heterocycles. The number of aryl methyl sites for hydroxylation is 1. The van der Waals surface area contributed by atoms with Crippen molar-refractivity contribution in [3.05, 3.63) is 62.3 Å². The summed E-state index contributed by atoms with van der Waals surface area (Å²) >= 11 is 6.34. The highest BCUT2D eigenvalue weighted by atomic mass is 32.2. The Bertz CT molecular complexity index is 1070. The van der Waals surface area contributed by atoms with E-state index in [4.69, 9.17) is 17.3 Å². The van der Waals surface area contributed by atoms with E-state index in [9.17, 15) is 19.7 Å². The Hall–Kier alpha value is -2.98. The van der Waals surface area contributed by atoms with Gasteiger partial charge in [0.05, 0.1) is 21.9 Å². The molecule has 1 N–H and O–H groups in total. The number of rotatable bonds is 6. The van der Waals surface area contributed by atoms with Crippen molar-refractivity contribution in [3.63, 3.8) is 0 Å². The minimum Gasteiger partial charge on any atom is -0.481 e. The lowest BCUT2D eigenvalue weighted by Gasteiger charge is -2.12. The fourth-order valence-electron chi connectivity index (χ4n) is 3.12. The second-order valence-corrected chi connectivity index (χ2v) is 8.09. The second-order valence-electron chi connectivity index (χ2n) is 6.42. The van der Waals surface area contributed by atoms with Crippen molar-refractivity contribution in [3.8, 4) is 5.69 Å². The smallest absolute Gasteiger partial charge is 0.305 e. The summed E-state index contributed by atoms with van der Waals surface area (Å²) in [5.41, 5.74) is 3.11. The first-order chi connectivity index (χ1) is 13.7. The van der Waals surface area contributed by atoms with Gasteiger partial charge in [-0.25, -0.2) is 0 Å². The average molecular weight is 431 g/mol. The Kier molecular flexibility index (Phi) is 5.85. The predicted octanol–water partition coefficient (Wildman–Crippen LogP) is 3.68. The molecule has 1 amide bonds. The van der Waals surface area contributed by atoms with Gasteiger partial charge in [-0.05, 0) is 37.6 Å². The number of benzene rings is 1. The van der Waals surface area contributed by atoms with E-state index >= 15 is 0 Å². The molecule has 0 bridgehead atoms. The lowest BCUT2D eigenvalue weighted by molar-refractivity contribution is -0.384. The normalized spacial score (nSPS) is 15.4. The van der Waals surface area contributed by atoms with Crippen LogP contribution < -0.4 is 0 Å².